The fourth-order valence-corrected chi connectivity index (χ4v) is 2.59. The van der Waals surface area contributed by atoms with Gasteiger partial charge in [-0.1, -0.05) is 11.6 Å². The molecule has 1 aliphatic heterocycles. The predicted octanol–water partition coefficient (Wildman–Crippen LogP) is 2.88. The summed E-state index contributed by atoms with van der Waals surface area (Å²) in [5.41, 5.74) is 0.505. The van der Waals surface area contributed by atoms with Crippen LogP contribution in [0.25, 0.3) is 0 Å². The molecule has 2 rings (SSSR count). The summed E-state index contributed by atoms with van der Waals surface area (Å²) in [4.78, 5) is 14.9. The minimum Gasteiger partial charge on any atom is -0.372 e. The van der Waals surface area contributed by atoms with Crippen LogP contribution in [0.5, 0.6) is 0 Å². The van der Waals surface area contributed by atoms with Gasteiger partial charge in [0.25, 0.3) is 5.91 Å². The Bertz CT molecular complexity index is 456. The van der Waals surface area contributed by atoms with E-state index in [1.807, 2.05) is 13.8 Å². The molecule has 1 aromatic rings. The predicted molar refractivity (Wildman–Crippen MR) is 74.6 cm³/mol. The Morgan fingerprint density at radius 2 is 2.00 bits per heavy atom. The van der Waals surface area contributed by atoms with Gasteiger partial charge < -0.3 is 9.64 Å². The zero-order valence-electron chi connectivity index (χ0n) is 10.4. The van der Waals surface area contributed by atoms with Crippen LogP contribution in [0.3, 0.4) is 0 Å². The van der Waals surface area contributed by atoms with E-state index < -0.39 is 0 Å². The standard InChI is InChI=1S/C13H16ClNO2S/c1-8-6-15(7-9(2)17-8)13(16)11-5-10(18)3-4-12(11)14/h3-5,8-9,18H,6-7H2,1-2H3. The number of ether oxygens (including phenoxy) is 1. The molecular weight excluding hydrogens is 270 g/mol. The molecule has 0 aliphatic carbocycles. The first-order valence-electron chi connectivity index (χ1n) is 5.90. The second kappa shape index (κ2) is 5.51. The molecule has 0 spiro atoms. The molecule has 2 atom stereocenters. The van der Waals surface area contributed by atoms with Gasteiger partial charge in [0.1, 0.15) is 0 Å². The van der Waals surface area contributed by atoms with Gasteiger partial charge >= 0.3 is 0 Å². The number of carbonyl (C=O) groups is 1. The van der Waals surface area contributed by atoms with Crippen molar-refractivity contribution in [3.63, 3.8) is 0 Å². The lowest BCUT2D eigenvalue weighted by Gasteiger charge is -2.35. The van der Waals surface area contributed by atoms with Crippen molar-refractivity contribution in [2.75, 3.05) is 13.1 Å². The van der Waals surface area contributed by atoms with E-state index in [1.54, 1.807) is 23.1 Å². The maximum Gasteiger partial charge on any atom is 0.255 e. The molecule has 1 fully saturated rings. The maximum absolute atomic E-state index is 12.4. The average molecular weight is 286 g/mol. The molecule has 5 heteroatoms. The topological polar surface area (TPSA) is 29.5 Å². The molecule has 1 heterocycles. The zero-order valence-corrected chi connectivity index (χ0v) is 12.0. The molecule has 98 valence electrons. The van der Waals surface area contributed by atoms with Crippen LogP contribution in [0.1, 0.15) is 24.2 Å². The van der Waals surface area contributed by atoms with Gasteiger partial charge in [0.05, 0.1) is 22.8 Å². The van der Waals surface area contributed by atoms with E-state index in [9.17, 15) is 4.79 Å². The minimum atomic E-state index is -0.0575. The van der Waals surface area contributed by atoms with Gasteiger partial charge in [-0.15, -0.1) is 12.6 Å². The first kappa shape index (κ1) is 13.7. The average Bonchev–Trinajstić information content (AvgIpc) is 2.30. The van der Waals surface area contributed by atoms with Crippen molar-refractivity contribution in [3.05, 3.63) is 28.8 Å². The molecule has 0 saturated carbocycles. The van der Waals surface area contributed by atoms with Crippen LogP contribution in [-0.4, -0.2) is 36.1 Å². The quantitative estimate of drug-likeness (QED) is 0.804. The van der Waals surface area contributed by atoms with E-state index in [1.165, 1.54) is 0 Å². The molecule has 0 radical (unpaired) electrons. The van der Waals surface area contributed by atoms with Crippen LogP contribution < -0.4 is 0 Å². The third-order valence-electron chi connectivity index (χ3n) is 2.89. The normalized spacial score (nSPS) is 24.1. The zero-order chi connectivity index (χ0) is 13.3. The number of hydrogen-bond donors (Lipinski definition) is 1. The second-order valence-electron chi connectivity index (χ2n) is 4.63. The Morgan fingerprint density at radius 1 is 1.39 bits per heavy atom. The molecule has 2 unspecified atom stereocenters. The number of carbonyl (C=O) groups excluding carboxylic acids is 1. The van der Waals surface area contributed by atoms with E-state index in [2.05, 4.69) is 12.6 Å². The second-order valence-corrected chi connectivity index (χ2v) is 5.56. The van der Waals surface area contributed by atoms with Gasteiger partial charge in [0.15, 0.2) is 0 Å². The number of thiol groups is 1. The van der Waals surface area contributed by atoms with Crippen LogP contribution in [0.2, 0.25) is 5.02 Å². The summed E-state index contributed by atoms with van der Waals surface area (Å²) >= 11 is 10.3. The van der Waals surface area contributed by atoms with Crippen LogP contribution in [0.4, 0.5) is 0 Å². The van der Waals surface area contributed by atoms with Crippen LogP contribution in [0.15, 0.2) is 23.1 Å². The molecule has 0 aromatic heterocycles. The lowest BCUT2D eigenvalue weighted by atomic mass is 10.1. The Hall–Kier alpha value is -0.710. The van der Waals surface area contributed by atoms with Crippen molar-refractivity contribution in [1.29, 1.82) is 0 Å². The lowest BCUT2D eigenvalue weighted by molar-refractivity contribution is -0.0586. The third kappa shape index (κ3) is 2.99. The van der Waals surface area contributed by atoms with Crippen molar-refractivity contribution < 1.29 is 9.53 Å². The summed E-state index contributed by atoms with van der Waals surface area (Å²) in [6.07, 6.45) is 0.103. The Morgan fingerprint density at radius 3 is 2.61 bits per heavy atom. The van der Waals surface area contributed by atoms with E-state index in [0.29, 0.717) is 23.7 Å². The number of rotatable bonds is 1. The van der Waals surface area contributed by atoms with E-state index in [0.717, 1.165) is 4.90 Å². The van der Waals surface area contributed by atoms with Crippen LogP contribution >= 0.6 is 24.2 Å². The summed E-state index contributed by atoms with van der Waals surface area (Å²) in [5.74, 6) is -0.0575. The Kier molecular flexibility index (Phi) is 4.20. The highest BCUT2D eigenvalue weighted by atomic mass is 35.5. The first-order valence-corrected chi connectivity index (χ1v) is 6.73. The molecular formula is C13H16ClNO2S. The number of nitrogens with zero attached hydrogens (tertiary/aromatic N) is 1. The largest absolute Gasteiger partial charge is 0.372 e. The monoisotopic (exact) mass is 285 g/mol. The van der Waals surface area contributed by atoms with Gasteiger partial charge in [-0.2, -0.15) is 0 Å². The molecule has 0 bridgehead atoms. The maximum atomic E-state index is 12.4. The molecule has 1 aliphatic rings. The number of halogens is 1. The molecule has 1 saturated heterocycles. The Balaban J connectivity index is 2.22. The summed E-state index contributed by atoms with van der Waals surface area (Å²) in [7, 11) is 0. The number of morpholine rings is 1. The molecule has 3 nitrogen and oxygen atoms in total. The van der Waals surface area contributed by atoms with Crippen molar-refractivity contribution in [2.24, 2.45) is 0 Å². The van der Waals surface area contributed by atoms with E-state index in [4.69, 9.17) is 16.3 Å². The highest BCUT2D eigenvalue weighted by Crippen LogP contribution is 2.23. The fraction of sp³-hybridized carbons (Fsp3) is 0.462. The van der Waals surface area contributed by atoms with Crippen molar-refractivity contribution in [1.82, 2.24) is 4.90 Å². The smallest absolute Gasteiger partial charge is 0.255 e. The van der Waals surface area contributed by atoms with Gasteiger partial charge in [-0.05, 0) is 32.0 Å². The van der Waals surface area contributed by atoms with Gasteiger partial charge in [0.2, 0.25) is 0 Å². The summed E-state index contributed by atoms with van der Waals surface area (Å²) in [6, 6.07) is 5.18. The lowest BCUT2D eigenvalue weighted by Crippen LogP contribution is -2.48. The summed E-state index contributed by atoms with van der Waals surface area (Å²) in [6.45, 7) is 5.12. The number of benzene rings is 1. The first-order chi connectivity index (χ1) is 8.47. The molecule has 1 amide bonds. The van der Waals surface area contributed by atoms with Crippen LogP contribution in [0, 0.1) is 0 Å². The van der Waals surface area contributed by atoms with Crippen molar-refractivity contribution >= 4 is 30.1 Å². The highest BCUT2D eigenvalue weighted by molar-refractivity contribution is 7.80. The van der Waals surface area contributed by atoms with Crippen molar-refractivity contribution in [2.45, 2.75) is 31.0 Å². The van der Waals surface area contributed by atoms with Crippen molar-refractivity contribution in [3.8, 4) is 0 Å². The van der Waals surface area contributed by atoms with Gasteiger partial charge in [0, 0.05) is 18.0 Å². The molecule has 18 heavy (non-hydrogen) atoms. The summed E-state index contributed by atoms with van der Waals surface area (Å²) < 4.78 is 5.61. The van der Waals surface area contributed by atoms with Gasteiger partial charge in [-0.3, -0.25) is 4.79 Å². The number of amides is 1. The van der Waals surface area contributed by atoms with Gasteiger partial charge in [-0.25, -0.2) is 0 Å². The van der Waals surface area contributed by atoms with E-state index in [-0.39, 0.29) is 18.1 Å². The highest BCUT2D eigenvalue weighted by Gasteiger charge is 2.27. The minimum absolute atomic E-state index is 0.0515. The third-order valence-corrected chi connectivity index (χ3v) is 3.49. The molecule has 0 N–H and O–H groups in total. The van der Waals surface area contributed by atoms with Crippen LogP contribution in [-0.2, 0) is 4.74 Å². The number of hydrogen-bond acceptors (Lipinski definition) is 3. The fourth-order valence-electron chi connectivity index (χ4n) is 2.19. The molecule has 1 aromatic carbocycles. The SMILES string of the molecule is CC1CN(C(=O)c2cc(S)ccc2Cl)CC(C)O1. The van der Waals surface area contributed by atoms with E-state index >= 15 is 0 Å². The Labute approximate surface area is 117 Å². The summed E-state index contributed by atoms with van der Waals surface area (Å²) in [5, 5.41) is 0.463.